The van der Waals surface area contributed by atoms with Gasteiger partial charge in [0, 0.05) is 6.04 Å². The van der Waals surface area contributed by atoms with Crippen LogP contribution in [0.5, 0.6) is 0 Å². The first kappa shape index (κ1) is 12.3. The standard InChI is InChI=1S/C11H22N2O2S/c1-2-3-9-8-11(9)13-16(14,15)10-4-6-12-7-5-10/h9-13H,2-8H2,1H3. The monoisotopic (exact) mass is 246 g/mol. The Hall–Kier alpha value is -0.130. The predicted octanol–water partition coefficient (Wildman–Crippen LogP) is 0.846. The van der Waals surface area contributed by atoms with E-state index in [0.29, 0.717) is 5.92 Å². The minimum Gasteiger partial charge on any atom is -0.317 e. The number of hydrogen-bond donors (Lipinski definition) is 2. The Morgan fingerprint density at radius 1 is 1.31 bits per heavy atom. The average molecular weight is 246 g/mol. The lowest BCUT2D eigenvalue weighted by molar-refractivity contribution is 0.487. The molecule has 1 aliphatic carbocycles. The zero-order valence-corrected chi connectivity index (χ0v) is 10.7. The van der Waals surface area contributed by atoms with Gasteiger partial charge in [0.25, 0.3) is 0 Å². The molecule has 0 bridgehead atoms. The molecule has 1 saturated carbocycles. The molecule has 2 atom stereocenters. The fourth-order valence-corrected chi connectivity index (χ4v) is 4.25. The van der Waals surface area contributed by atoms with Gasteiger partial charge in [0.05, 0.1) is 5.25 Å². The van der Waals surface area contributed by atoms with Gasteiger partial charge in [-0.05, 0) is 44.7 Å². The first-order valence-corrected chi connectivity index (χ1v) is 7.90. The van der Waals surface area contributed by atoms with Crippen LogP contribution in [0.4, 0.5) is 0 Å². The van der Waals surface area contributed by atoms with Crippen molar-refractivity contribution >= 4 is 10.0 Å². The topological polar surface area (TPSA) is 58.2 Å². The molecule has 0 radical (unpaired) electrons. The fourth-order valence-electron chi connectivity index (χ4n) is 2.49. The first-order valence-electron chi connectivity index (χ1n) is 6.35. The van der Waals surface area contributed by atoms with Crippen LogP contribution in [0.1, 0.15) is 39.0 Å². The smallest absolute Gasteiger partial charge is 0.214 e. The van der Waals surface area contributed by atoms with Gasteiger partial charge in [0.2, 0.25) is 10.0 Å². The normalized spacial score (nSPS) is 31.6. The van der Waals surface area contributed by atoms with Crippen molar-refractivity contribution in [3.05, 3.63) is 0 Å². The second-order valence-corrected chi connectivity index (χ2v) is 7.00. The molecule has 0 spiro atoms. The van der Waals surface area contributed by atoms with Crippen molar-refractivity contribution < 1.29 is 8.42 Å². The molecule has 4 nitrogen and oxygen atoms in total. The molecule has 2 rings (SSSR count). The lowest BCUT2D eigenvalue weighted by Crippen LogP contribution is -2.42. The summed E-state index contributed by atoms with van der Waals surface area (Å²) in [6.45, 7) is 3.81. The first-order chi connectivity index (χ1) is 7.63. The summed E-state index contributed by atoms with van der Waals surface area (Å²) in [5.74, 6) is 0.599. The third-order valence-electron chi connectivity index (χ3n) is 3.62. The maximum atomic E-state index is 12.0. The molecule has 1 saturated heterocycles. The Labute approximate surface area is 98.2 Å². The van der Waals surface area contributed by atoms with Gasteiger partial charge in [-0.25, -0.2) is 13.1 Å². The van der Waals surface area contributed by atoms with Crippen molar-refractivity contribution in [1.82, 2.24) is 10.0 Å². The van der Waals surface area contributed by atoms with Crippen LogP contribution >= 0.6 is 0 Å². The van der Waals surface area contributed by atoms with Crippen LogP contribution in [0.3, 0.4) is 0 Å². The Bertz CT molecular complexity index is 323. The SMILES string of the molecule is CCCC1CC1NS(=O)(=O)C1CCNCC1. The average Bonchev–Trinajstić information content (AvgIpc) is 2.97. The minimum atomic E-state index is -3.06. The molecular formula is C11H22N2O2S. The highest BCUT2D eigenvalue weighted by atomic mass is 32.2. The molecule has 2 unspecified atom stereocenters. The lowest BCUT2D eigenvalue weighted by Gasteiger charge is -2.23. The Kier molecular flexibility index (Phi) is 3.87. The van der Waals surface area contributed by atoms with E-state index >= 15 is 0 Å². The van der Waals surface area contributed by atoms with Crippen LogP contribution in [0, 0.1) is 5.92 Å². The summed E-state index contributed by atoms with van der Waals surface area (Å²) >= 11 is 0. The number of hydrogen-bond acceptors (Lipinski definition) is 3. The molecule has 16 heavy (non-hydrogen) atoms. The molecule has 1 heterocycles. The third kappa shape index (κ3) is 2.96. The highest BCUT2D eigenvalue weighted by Gasteiger charge is 2.40. The highest BCUT2D eigenvalue weighted by molar-refractivity contribution is 7.90. The van der Waals surface area contributed by atoms with Gasteiger partial charge in [0.15, 0.2) is 0 Å². The van der Waals surface area contributed by atoms with Gasteiger partial charge in [-0.1, -0.05) is 13.3 Å². The van der Waals surface area contributed by atoms with Crippen molar-refractivity contribution in [2.24, 2.45) is 5.92 Å². The van der Waals surface area contributed by atoms with Crippen LogP contribution in [0.25, 0.3) is 0 Å². The van der Waals surface area contributed by atoms with Crippen LogP contribution in [0.15, 0.2) is 0 Å². The number of rotatable bonds is 5. The second kappa shape index (κ2) is 5.02. The summed E-state index contributed by atoms with van der Waals surface area (Å²) in [6.07, 6.45) is 4.84. The summed E-state index contributed by atoms with van der Waals surface area (Å²) in [5, 5.41) is 3.02. The third-order valence-corrected chi connectivity index (χ3v) is 5.60. The minimum absolute atomic E-state index is 0.170. The van der Waals surface area contributed by atoms with Crippen molar-refractivity contribution in [3.63, 3.8) is 0 Å². The van der Waals surface area contributed by atoms with Gasteiger partial charge in [-0.2, -0.15) is 0 Å². The van der Waals surface area contributed by atoms with Gasteiger partial charge in [-0.3, -0.25) is 0 Å². The number of nitrogens with one attached hydrogen (secondary N) is 2. The molecule has 0 amide bonds. The summed E-state index contributed by atoms with van der Waals surface area (Å²) in [6, 6.07) is 0.236. The van der Waals surface area contributed by atoms with Gasteiger partial charge in [-0.15, -0.1) is 0 Å². The van der Waals surface area contributed by atoms with E-state index in [4.69, 9.17) is 0 Å². The van der Waals surface area contributed by atoms with Gasteiger partial charge in [0.1, 0.15) is 0 Å². The zero-order valence-electron chi connectivity index (χ0n) is 9.91. The van der Waals surface area contributed by atoms with E-state index in [9.17, 15) is 8.42 Å². The maximum absolute atomic E-state index is 12.0. The number of sulfonamides is 1. The Balaban J connectivity index is 1.83. The summed E-state index contributed by atoms with van der Waals surface area (Å²) in [7, 11) is -3.06. The zero-order chi connectivity index (χ0) is 11.6. The predicted molar refractivity (Wildman–Crippen MR) is 64.8 cm³/mol. The number of piperidine rings is 1. The molecule has 1 aliphatic heterocycles. The van der Waals surface area contributed by atoms with Crippen molar-refractivity contribution in [2.75, 3.05) is 13.1 Å². The van der Waals surface area contributed by atoms with E-state index in [-0.39, 0.29) is 11.3 Å². The highest BCUT2D eigenvalue weighted by Crippen LogP contribution is 2.35. The Morgan fingerprint density at radius 3 is 2.62 bits per heavy atom. The molecule has 0 aromatic rings. The molecule has 2 fully saturated rings. The van der Waals surface area contributed by atoms with Crippen LogP contribution in [-0.4, -0.2) is 32.8 Å². The van der Waals surface area contributed by atoms with E-state index in [1.165, 1.54) is 0 Å². The summed E-state index contributed by atoms with van der Waals surface area (Å²) in [5.41, 5.74) is 0. The van der Waals surface area contributed by atoms with E-state index in [1.807, 2.05) is 0 Å². The fraction of sp³-hybridized carbons (Fsp3) is 1.00. The second-order valence-electron chi connectivity index (χ2n) is 5.00. The van der Waals surface area contributed by atoms with Crippen molar-refractivity contribution in [3.8, 4) is 0 Å². The molecule has 94 valence electrons. The quantitative estimate of drug-likeness (QED) is 0.756. The molecule has 5 heteroatoms. The van der Waals surface area contributed by atoms with Gasteiger partial charge < -0.3 is 5.32 Å². The van der Waals surface area contributed by atoms with E-state index in [2.05, 4.69) is 17.0 Å². The molecular weight excluding hydrogens is 224 g/mol. The largest absolute Gasteiger partial charge is 0.317 e. The molecule has 2 N–H and O–H groups in total. The van der Waals surface area contributed by atoms with E-state index in [0.717, 1.165) is 45.2 Å². The summed E-state index contributed by atoms with van der Waals surface area (Å²) in [4.78, 5) is 0. The van der Waals surface area contributed by atoms with Crippen molar-refractivity contribution in [1.29, 1.82) is 0 Å². The molecule has 2 aliphatic rings. The van der Waals surface area contributed by atoms with Gasteiger partial charge >= 0.3 is 0 Å². The lowest BCUT2D eigenvalue weighted by atomic mass is 10.2. The molecule has 0 aromatic carbocycles. The maximum Gasteiger partial charge on any atom is 0.214 e. The van der Waals surface area contributed by atoms with E-state index < -0.39 is 10.0 Å². The van der Waals surface area contributed by atoms with Crippen molar-refractivity contribution in [2.45, 2.75) is 50.3 Å². The Morgan fingerprint density at radius 2 is 2.00 bits per heavy atom. The van der Waals surface area contributed by atoms with Crippen LogP contribution in [0.2, 0.25) is 0 Å². The summed E-state index contributed by atoms with van der Waals surface area (Å²) < 4.78 is 27.0. The van der Waals surface area contributed by atoms with Crippen LogP contribution in [-0.2, 0) is 10.0 Å². The van der Waals surface area contributed by atoms with E-state index in [1.54, 1.807) is 0 Å². The molecule has 0 aromatic heterocycles. The van der Waals surface area contributed by atoms with Crippen LogP contribution < -0.4 is 10.0 Å².